The van der Waals surface area contributed by atoms with Crippen molar-refractivity contribution in [3.63, 3.8) is 0 Å². The van der Waals surface area contributed by atoms with Gasteiger partial charge in [0, 0.05) is 18.9 Å². The number of benzene rings is 2. The molecule has 0 amide bonds. The number of aromatic nitrogens is 1. The molecule has 2 heterocycles. The van der Waals surface area contributed by atoms with Crippen LogP contribution < -0.4 is 5.56 Å². The Balaban J connectivity index is 1.80. The van der Waals surface area contributed by atoms with Crippen molar-refractivity contribution >= 4 is 16.6 Å². The largest absolute Gasteiger partial charge is 0.506 e. The van der Waals surface area contributed by atoms with Crippen molar-refractivity contribution in [2.24, 2.45) is 12.2 Å². The average Bonchev–Trinajstić information content (AvgIpc) is 3.10. The van der Waals surface area contributed by atoms with Gasteiger partial charge < -0.3 is 14.5 Å². The van der Waals surface area contributed by atoms with E-state index in [1.165, 1.54) is 4.57 Å². The molecule has 3 aromatic rings. The van der Waals surface area contributed by atoms with Crippen LogP contribution >= 0.6 is 0 Å². The van der Waals surface area contributed by atoms with Crippen LogP contribution in [0.15, 0.2) is 64.5 Å². The first-order valence-electron chi connectivity index (χ1n) is 7.75. The second-order valence-corrected chi connectivity index (χ2v) is 5.85. The highest BCUT2D eigenvalue weighted by Crippen LogP contribution is 2.33. The Labute approximate surface area is 138 Å². The van der Waals surface area contributed by atoms with Crippen molar-refractivity contribution in [2.75, 3.05) is 0 Å². The molecule has 2 aromatic carbocycles. The number of fused-ring (bicyclic) bond motifs is 1. The lowest BCUT2D eigenvalue weighted by Gasteiger charge is -2.11. The fourth-order valence-corrected chi connectivity index (χ4v) is 3.11. The summed E-state index contributed by atoms with van der Waals surface area (Å²) in [4.78, 5) is 18.2. The normalized spacial score (nSPS) is 16.9. The van der Waals surface area contributed by atoms with Gasteiger partial charge >= 0.3 is 0 Å². The lowest BCUT2D eigenvalue weighted by molar-refractivity contribution is 0.0857. The van der Waals surface area contributed by atoms with Gasteiger partial charge in [-0.1, -0.05) is 47.6 Å². The van der Waals surface area contributed by atoms with E-state index in [9.17, 15) is 9.90 Å². The van der Waals surface area contributed by atoms with Crippen molar-refractivity contribution in [1.82, 2.24) is 4.57 Å². The van der Waals surface area contributed by atoms with Gasteiger partial charge in [-0.2, -0.15) is 0 Å². The monoisotopic (exact) mass is 320 g/mol. The zero-order chi connectivity index (χ0) is 16.7. The van der Waals surface area contributed by atoms with Crippen LogP contribution in [-0.4, -0.2) is 15.4 Å². The molecule has 0 unspecified atom stereocenters. The Kier molecular flexibility index (Phi) is 3.34. The van der Waals surface area contributed by atoms with Crippen LogP contribution in [0.4, 0.5) is 0 Å². The summed E-state index contributed by atoms with van der Waals surface area (Å²) in [6, 6.07) is 17.0. The third-order valence-corrected chi connectivity index (χ3v) is 4.40. The van der Waals surface area contributed by atoms with Crippen LogP contribution in [0.2, 0.25) is 0 Å². The number of oxime groups is 1. The Morgan fingerprint density at radius 2 is 1.83 bits per heavy atom. The quantitative estimate of drug-likeness (QED) is 0.789. The van der Waals surface area contributed by atoms with Gasteiger partial charge in [-0.05, 0) is 17.7 Å². The van der Waals surface area contributed by atoms with E-state index in [1.807, 2.05) is 42.5 Å². The van der Waals surface area contributed by atoms with Gasteiger partial charge in [0.2, 0.25) is 0 Å². The molecule has 1 N–H and O–H groups in total. The number of aryl methyl sites for hydroxylation is 1. The maximum absolute atomic E-state index is 12.7. The third kappa shape index (κ3) is 2.17. The number of para-hydroxylation sites is 1. The smallest absolute Gasteiger partial charge is 0.263 e. The minimum Gasteiger partial charge on any atom is -0.506 e. The molecule has 0 aliphatic carbocycles. The summed E-state index contributed by atoms with van der Waals surface area (Å²) in [6.07, 6.45) is 0.210. The minimum absolute atomic E-state index is 0.0373. The lowest BCUT2D eigenvalue weighted by Crippen LogP contribution is -2.24. The maximum atomic E-state index is 12.7. The second-order valence-electron chi connectivity index (χ2n) is 5.85. The molecule has 1 aromatic heterocycles. The Bertz CT molecular complexity index is 1010. The third-order valence-electron chi connectivity index (χ3n) is 4.40. The molecular formula is C19H16N2O3. The molecule has 1 atom stereocenters. The van der Waals surface area contributed by atoms with E-state index in [-0.39, 0.29) is 23.0 Å². The summed E-state index contributed by atoms with van der Waals surface area (Å²) >= 11 is 0. The fraction of sp³-hybridized carbons (Fsp3) is 0.158. The van der Waals surface area contributed by atoms with Crippen molar-refractivity contribution in [1.29, 1.82) is 0 Å². The molecule has 0 bridgehead atoms. The number of rotatable bonds is 2. The highest BCUT2D eigenvalue weighted by molar-refractivity contribution is 6.07. The summed E-state index contributed by atoms with van der Waals surface area (Å²) in [5.74, 6) is -0.0373. The van der Waals surface area contributed by atoms with Crippen LogP contribution in [0.3, 0.4) is 0 Å². The molecule has 1 aliphatic rings. The number of pyridine rings is 1. The van der Waals surface area contributed by atoms with E-state index in [2.05, 4.69) is 5.16 Å². The highest BCUT2D eigenvalue weighted by Gasteiger charge is 2.28. The van der Waals surface area contributed by atoms with Gasteiger partial charge in [0.15, 0.2) is 6.10 Å². The second kappa shape index (κ2) is 5.53. The molecule has 1 aliphatic heterocycles. The van der Waals surface area contributed by atoms with E-state index in [4.69, 9.17) is 4.84 Å². The Morgan fingerprint density at radius 1 is 1.12 bits per heavy atom. The van der Waals surface area contributed by atoms with Gasteiger partial charge in [0.05, 0.1) is 5.52 Å². The van der Waals surface area contributed by atoms with Crippen LogP contribution in [0.25, 0.3) is 10.9 Å². The molecule has 120 valence electrons. The first-order chi connectivity index (χ1) is 11.7. The molecule has 0 saturated heterocycles. The van der Waals surface area contributed by atoms with Gasteiger partial charge in [-0.15, -0.1) is 0 Å². The zero-order valence-electron chi connectivity index (χ0n) is 13.1. The molecule has 0 spiro atoms. The van der Waals surface area contributed by atoms with E-state index < -0.39 is 0 Å². The number of nitrogens with zero attached hydrogens (tertiary/aromatic N) is 2. The van der Waals surface area contributed by atoms with Gasteiger partial charge in [0.25, 0.3) is 5.56 Å². The standard InChI is InChI=1S/C19H16N2O3/c1-21-15-10-6-5-9-13(15)18(22)17(19(21)23)14-11-16(24-20-14)12-7-3-2-4-8-12/h2-10,16,22H,11H2,1H3/t16-/m0/s1. The topological polar surface area (TPSA) is 63.8 Å². The minimum atomic E-state index is -0.276. The number of aromatic hydroxyl groups is 1. The summed E-state index contributed by atoms with van der Waals surface area (Å²) in [6.45, 7) is 0. The molecule has 5 heteroatoms. The van der Waals surface area contributed by atoms with Gasteiger partial charge in [0.1, 0.15) is 17.0 Å². The van der Waals surface area contributed by atoms with E-state index in [0.717, 1.165) is 5.56 Å². The highest BCUT2D eigenvalue weighted by atomic mass is 16.6. The van der Waals surface area contributed by atoms with E-state index >= 15 is 0 Å². The van der Waals surface area contributed by atoms with E-state index in [0.29, 0.717) is 23.0 Å². The summed E-state index contributed by atoms with van der Waals surface area (Å²) in [7, 11) is 1.69. The van der Waals surface area contributed by atoms with Crippen molar-refractivity contribution in [3.05, 3.63) is 76.1 Å². The molecule has 24 heavy (non-hydrogen) atoms. The van der Waals surface area contributed by atoms with Crippen LogP contribution in [0.5, 0.6) is 5.75 Å². The molecule has 0 radical (unpaired) electrons. The average molecular weight is 320 g/mol. The Morgan fingerprint density at radius 3 is 2.62 bits per heavy atom. The predicted molar refractivity (Wildman–Crippen MR) is 92.3 cm³/mol. The fourth-order valence-electron chi connectivity index (χ4n) is 3.11. The molecule has 5 nitrogen and oxygen atoms in total. The van der Waals surface area contributed by atoms with Gasteiger partial charge in [-0.3, -0.25) is 4.79 Å². The SMILES string of the molecule is Cn1c(=O)c(C2=NO[C@H](c3ccccc3)C2)c(O)c2ccccc21. The van der Waals surface area contributed by atoms with Crippen LogP contribution in [0, 0.1) is 0 Å². The predicted octanol–water partition coefficient (Wildman–Crippen LogP) is 3.11. The maximum Gasteiger partial charge on any atom is 0.263 e. The number of hydrogen-bond acceptors (Lipinski definition) is 4. The van der Waals surface area contributed by atoms with Crippen molar-refractivity contribution in [2.45, 2.75) is 12.5 Å². The summed E-state index contributed by atoms with van der Waals surface area (Å²) in [5, 5.41) is 15.3. The number of hydrogen-bond donors (Lipinski definition) is 1. The summed E-state index contributed by atoms with van der Waals surface area (Å²) in [5.41, 5.74) is 2.10. The summed E-state index contributed by atoms with van der Waals surface area (Å²) < 4.78 is 1.53. The van der Waals surface area contributed by atoms with Crippen LogP contribution in [-0.2, 0) is 11.9 Å². The first kappa shape index (κ1) is 14.5. The Hall–Kier alpha value is -3.08. The molecule has 0 saturated carbocycles. The zero-order valence-corrected chi connectivity index (χ0v) is 13.1. The van der Waals surface area contributed by atoms with Crippen molar-refractivity contribution in [3.8, 4) is 5.75 Å². The van der Waals surface area contributed by atoms with E-state index in [1.54, 1.807) is 19.2 Å². The van der Waals surface area contributed by atoms with Crippen molar-refractivity contribution < 1.29 is 9.94 Å². The molecule has 4 rings (SSSR count). The van der Waals surface area contributed by atoms with Gasteiger partial charge in [-0.25, -0.2) is 0 Å². The first-order valence-corrected chi connectivity index (χ1v) is 7.75. The lowest BCUT2D eigenvalue weighted by atomic mass is 9.99. The molecule has 0 fully saturated rings. The van der Waals surface area contributed by atoms with Crippen LogP contribution in [0.1, 0.15) is 23.7 Å². The molecular weight excluding hydrogens is 304 g/mol.